The van der Waals surface area contributed by atoms with E-state index >= 15 is 0 Å². The predicted octanol–water partition coefficient (Wildman–Crippen LogP) is 3.54. The smallest absolute Gasteiger partial charge is 0.264 e. The molecule has 1 amide bonds. The largest absolute Gasteiger partial charge is 0.484 e. The summed E-state index contributed by atoms with van der Waals surface area (Å²) in [7, 11) is 0. The number of hydrogen-bond acceptors (Lipinski definition) is 2. The number of halogens is 3. The van der Waals surface area contributed by atoms with Crippen LogP contribution in [0.5, 0.6) is 5.75 Å². The van der Waals surface area contributed by atoms with Gasteiger partial charge in [-0.2, -0.15) is 0 Å². The molecule has 22 heavy (non-hydrogen) atoms. The zero-order chi connectivity index (χ0) is 16.1. The average molecular weight is 309 g/mol. The summed E-state index contributed by atoms with van der Waals surface area (Å²) in [6.45, 7) is 1.62. The van der Waals surface area contributed by atoms with E-state index in [-0.39, 0.29) is 24.6 Å². The van der Waals surface area contributed by atoms with Gasteiger partial charge in [-0.1, -0.05) is 6.07 Å². The van der Waals surface area contributed by atoms with Gasteiger partial charge in [-0.3, -0.25) is 4.79 Å². The lowest BCUT2D eigenvalue weighted by Gasteiger charge is -2.21. The molecule has 0 saturated carbocycles. The van der Waals surface area contributed by atoms with E-state index in [4.69, 9.17) is 4.74 Å². The SMILES string of the molecule is CCN(C(=O)COc1cccc(F)c1)c1ccc(F)c(F)c1. The molecule has 0 spiro atoms. The van der Waals surface area contributed by atoms with Crippen LogP contribution in [0.15, 0.2) is 42.5 Å². The van der Waals surface area contributed by atoms with Crippen LogP contribution in [-0.4, -0.2) is 19.1 Å². The highest BCUT2D eigenvalue weighted by Gasteiger charge is 2.16. The number of benzene rings is 2. The first-order valence-corrected chi connectivity index (χ1v) is 6.65. The number of ether oxygens (including phenoxy) is 1. The van der Waals surface area contributed by atoms with Crippen LogP contribution >= 0.6 is 0 Å². The zero-order valence-electron chi connectivity index (χ0n) is 11.9. The van der Waals surface area contributed by atoms with Crippen LogP contribution < -0.4 is 9.64 Å². The van der Waals surface area contributed by atoms with Crippen molar-refractivity contribution in [3.63, 3.8) is 0 Å². The molecule has 0 unspecified atom stereocenters. The van der Waals surface area contributed by atoms with Crippen LogP contribution in [0, 0.1) is 17.5 Å². The van der Waals surface area contributed by atoms with E-state index in [9.17, 15) is 18.0 Å². The Labute approximate surface area is 125 Å². The first kappa shape index (κ1) is 15.9. The molecule has 0 aliphatic carbocycles. The van der Waals surface area contributed by atoms with Crippen molar-refractivity contribution >= 4 is 11.6 Å². The summed E-state index contributed by atoms with van der Waals surface area (Å²) in [6, 6.07) is 8.59. The van der Waals surface area contributed by atoms with Gasteiger partial charge in [0.2, 0.25) is 0 Å². The molecular formula is C16H14F3NO2. The Hall–Kier alpha value is -2.50. The molecule has 116 valence electrons. The number of hydrogen-bond donors (Lipinski definition) is 0. The molecule has 0 fully saturated rings. The van der Waals surface area contributed by atoms with Crippen molar-refractivity contribution in [2.75, 3.05) is 18.1 Å². The van der Waals surface area contributed by atoms with Crippen LogP contribution in [0.3, 0.4) is 0 Å². The lowest BCUT2D eigenvalue weighted by Crippen LogP contribution is -2.34. The lowest BCUT2D eigenvalue weighted by molar-refractivity contribution is -0.120. The number of carbonyl (C=O) groups excluding carboxylic acids is 1. The van der Waals surface area contributed by atoms with Crippen molar-refractivity contribution in [1.29, 1.82) is 0 Å². The second-order valence-corrected chi connectivity index (χ2v) is 4.48. The molecule has 0 saturated heterocycles. The molecular weight excluding hydrogens is 295 g/mol. The summed E-state index contributed by atoms with van der Waals surface area (Å²) in [4.78, 5) is 13.4. The summed E-state index contributed by atoms with van der Waals surface area (Å²) in [5, 5.41) is 0. The molecule has 0 radical (unpaired) electrons. The fraction of sp³-hybridized carbons (Fsp3) is 0.188. The summed E-state index contributed by atoms with van der Waals surface area (Å²) < 4.78 is 44.4. The van der Waals surface area contributed by atoms with Crippen molar-refractivity contribution in [2.24, 2.45) is 0 Å². The van der Waals surface area contributed by atoms with Gasteiger partial charge < -0.3 is 9.64 Å². The third-order valence-electron chi connectivity index (χ3n) is 2.99. The molecule has 0 atom stereocenters. The second kappa shape index (κ2) is 6.98. The monoisotopic (exact) mass is 309 g/mol. The third kappa shape index (κ3) is 3.78. The quantitative estimate of drug-likeness (QED) is 0.845. The Morgan fingerprint density at radius 1 is 1.09 bits per heavy atom. The molecule has 6 heteroatoms. The predicted molar refractivity (Wildman–Crippen MR) is 76.3 cm³/mol. The van der Waals surface area contributed by atoms with Crippen LogP contribution in [-0.2, 0) is 4.79 Å². The highest BCUT2D eigenvalue weighted by molar-refractivity contribution is 5.94. The fourth-order valence-corrected chi connectivity index (χ4v) is 1.94. The van der Waals surface area contributed by atoms with E-state index in [1.54, 1.807) is 6.92 Å². The van der Waals surface area contributed by atoms with Gasteiger partial charge in [0.15, 0.2) is 18.2 Å². The second-order valence-electron chi connectivity index (χ2n) is 4.48. The standard InChI is InChI=1S/C16H14F3NO2/c1-2-20(12-6-7-14(18)15(19)9-12)16(21)10-22-13-5-3-4-11(17)8-13/h3-9H,2,10H2,1H3. The fourth-order valence-electron chi connectivity index (χ4n) is 1.94. The number of amides is 1. The van der Waals surface area contributed by atoms with E-state index in [1.807, 2.05) is 0 Å². The molecule has 0 aromatic heterocycles. The highest BCUT2D eigenvalue weighted by Crippen LogP contribution is 2.19. The van der Waals surface area contributed by atoms with E-state index < -0.39 is 23.4 Å². The van der Waals surface area contributed by atoms with Gasteiger partial charge >= 0.3 is 0 Å². The Bertz CT molecular complexity index is 676. The van der Waals surface area contributed by atoms with Gasteiger partial charge in [-0.05, 0) is 31.2 Å². The molecule has 3 nitrogen and oxygen atoms in total. The summed E-state index contributed by atoms with van der Waals surface area (Å²) in [6.07, 6.45) is 0. The summed E-state index contributed by atoms with van der Waals surface area (Å²) >= 11 is 0. The van der Waals surface area contributed by atoms with Crippen LogP contribution in [0.4, 0.5) is 18.9 Å². The van der Waals surface area contributed by atoms with Crippen molar-refractivity contribution in [3.8, 4) is 5.75 Å². The zero-order valence-corrected chi connectivity index (χ0v) is 11.9. The van der Waals surface area contributed by atoms with Crippen LogP contribution in [0.1, 0.15) is 6.92 Å². The van der Waals surface area contributed by atoms with E-state index in [0.717, 1.165) is 18.2 Å². The summed E-state index contributed by atoms with van der Waals surface area (Å²) in [5.41, 5.74) is 0.231. The van der Waals surface area contributed by atoms with Crippen LogP contribution in [0.25, 0.3) is 0 Å². The van der Waals surface area contributed by atoms with Gasteiger partial charge in [-0.25, -0.2) is 13.2 Å². The van der Waals surface area contributed by atoms with Gasteiger partial charge in [-0.15, -0.1) is 0 Å². The average Bonchev–Trinajstić information content (AvgIpc) is 2.49. The van der Waals surface area contributed by atoms with Gasteiger partial charge in [0, 0.05) is 24.4 Å². The Morgan fingerprint density at radius 3 is 2.50 bits per heavy atom. The molecule has 2 aromatic carbocycles. The number of rotatable bonds is 5. The Balaban J connectivity index is 2.07. The maximum atomic E-state index is 13.2. The molecule has 0 heterocycles. The number of nitrogens with zero attached hydrogens (tertiary/aromatic N) is 1. The van der Waals surface area contributed by atoms with Crippen LogP contribution in [0.2, 0.25) is 0 Å². The lowest BCUT2D eigenvalue weighted by atomic mass is 10.2. The van der Waals surface area contributed by atoms with E-state index in [0.29, 0.717) is 0 Å². The minimum Gasteiger partial charge on any atom is -0.484 e. The van der Waals surface area contributed by atoms with Gasteiger partial charge in [0.05, 0.1) is 0 Å². The summed E-state index contributed by atoms with van der Waals surface area (Å²) in [5.74, 6) is -2.72. The molecule has 0 bridgehead atoms. The Kier molecular flexibility index (Phi) is 5.04. The first-order valence-electron chi connectivity index (χ1n) is 6.65. The van der Waals surface area contributed by atoms with E-state index in [2.05, 4.69) is 0 Å². The van der Waals surface area contributed by atoms with Gasteiger partial charge in [0.1, 0.15) is 11.6 Å². The van der Waals surface area contributed by atoms with Gasteiger partial charge in [0.25, 0.3) is 5.91 Å². The Morgan fingerprint density at radius 2 is 1.86 bits per heavy atom. The topological polar surface area (TPSA) is 29.5 Å². The maximum Gasteiger partial charge on any atom is 0.264 e. The number of carbonyl (C=O) groups is 1. The number of anilines is 1. The maximum absolute atomic E-state index is 13.2. The molecule has 0 aliphatic heterocycles. The molecule has 0 N–H and O–H groups in total. The van der Waals surface area contributed by atoms with E-state index in [1.165, 1.54) is 29.2 Å². The molecule has 0 aliphatic rings. The third-order valence-corrected chi connectivity index (χ3v) is 2.99. The van der Waals surface area contributed by atoms with Crippen molar-refractivity contribution < 1.29 is 22.7 Å². The number of likely N-dealkylation sites (N-methyl/N-ethyl adjacent to an activating group) is 1. The minimum absolute atomic E-state index is 0.217. The van der Waals surface area contributed by atoms with Crippen molar-refractivity contribution in [3.05, 3.63) is 59.9 Å². The minimum atomic E-state index is -1.03. The first-order chi connectivity index (χ1) is 10.5. The normalized spacial score (nSPS) is 10.4. The van der Waals surface area contributed by atoms with Crippen molar-refractivity contribution in [2.45, 2.75) is 6.92 Å². The molecule has 2 rings (SSSR count). The molecule has 2 aromatic rings. The highest BCUT2D eigenvalue weighted by atomic mass is 19.2. The van der Waals surface area contributed by atoms with Crippen molar-refractivity contribution in [1.82, 2.24) is 0 Å².